The van der Waals surface area contributed by atoms with Crippen LogP contribution in [0.25, 0.3) is 0 Å². The molecule has 21 heavy (non-hydrogen) atoms. The summed E-state index contributed by atoms with van der Waals surface area (Å²) in [6, 6.07) is 12.6. The summed E-state index contributed by atoms with van der Waals surface area (Å²) in [7, 11) is 0. The first-order chi connectivity index (χ1) is 10.1. The van der Waals surface area contributed by atoms with E-state index in [2.05, 4.69) is 0 Å². The number of carboxylic acids is 1. The number of carbonyl (C=O) groups is 1. The number of hydrogen-bond acceptors (Lipinski definition) is 2. The molecular formula is C17H15ClO3. The number of hydrogen-bond donors (Lipinski definition) is 1. The van der Waals surface area contributed by atoms with Crippen molar-refractivity contribution >= 4 is 17.6 Å². The number of benzene rings is 2. The highest BCUT2D eigenvalue weighted by atomic mass is 35.5. The average molecular weight is 303 g/mol. The zero-order chi connectivity index (χ0) is 14.8. The normalized spacial score (nSPS) is 14.0. The van der Waals surface area contributed by atoms with Gasteiger partial charge in [-0.2, -0.15) is 0 Å². The highest BCUT2D eigenvalue weighted by molar-refractivity contribution is 6.32. The average Bonchev–Trinajstić information content (AvgIpc) is 3.31. The molecule has 0 aromatic heterocycles. The van der Waals surface area contributed by atoms with Gasteiger partial charge in [0.1, 0.15) is 12.4 Å². The van der Waals surface area contributed by atoms with Gasteiger partial charge >= 0.3 is 5.97 Å². The maximum atomic E-state index is 10.9. The van der Waals surface area contributed by atoms with Crippen LogP contribution in [0.5, 0.6) is 5.75 Å². The Balaban J connectivity index is 1.69. The summed E-state index contributed by atoms with van der Waals surface area (Å²) in [5, 5.41) is 9.57. The number of halogens is 1. The van der Waals surface area contributed by atoms with E-state index in [0.29, 0.717) is 23.3 Å². The van der Waals surface area contributed by atoms with Crippen LogP contribution in [-0.2, 0) is 6.61 Å². The Morgan fingerprint density at radius 3 is 2.71 bits per heavy atom. The van der Waals surface area contributed by atoms with E-state index in [1.54, 1.807) is 18.2 Å². The van der Waals surface area contributed by atoms with E-state index < -0.39 is 5.97 Å². The van der Waals surface area contributed by atoms with Crippen LogP contribution in [0.15, 0.2) is 42.5 Å². The maximum Gasteiger partial charge on any atom is 0.335 e. The molecule has 3 rings (SSSR count). The van der Waals surface area contributed by atoms with Crippen molar-refractivity contribution in [3.05, 3.63) is 64.2 Å². The lowest BCUT2D eigenvalue weighted by Gasteiger charge is -2.10. The summed E-state index contributed by atoms with van der Waals surface area (Å²) >= 11 is 6.23. The van der Waals surface area contributed by atoms with Gasteiger partial charge in [0.2, 0.25) is 0 Å². The summed E-state index contributed by atoms with van der Waals surface area (Å²) in [4.78, 5) is 10.9. The van der Waals surface area contributed by atoms with E-state index in [-0.39, 0.29) is 5.56 Å². The molecule has 0 aliphatic heterocycles. The molecule has 0 heterocycles. The Morgan fingerprint density at radius 1 is 1.24 bits per heavy atom. The van der Waals surface area contributed by atoms with Crippen molar-refractivity contribution in [3.8, 4) is 5.75 Å². The van der Waals surface area contributed by atoms with Crippen LogP contribution in [0.2, 0.25) is 5.02 Å². The Hall–Kier alpha value is -2.00. The Kier molecular flexibility index (Phi) is 3.84. The van der Waals surface area contributed by atoms with E-state index >= 15 is 0 Å². The molecule has 0 unspecified atom stereocenters. The van der Waals surface area contributed by atoms with E-state index in [0.717, 1.165) is 5.56 Å². The van der Waals surface area contributed by atoms with Gasteiger partial charge in [0.05, 0.1) is 10.6 Å². The van der Waals surface area contributed by atoms with Gasteiger partial charge in [0, 0.05) is 0 Å². The summed E-state index contributed by atoms with van der Waals surface area (Å²) in [5.41, 5.74) is 2.32. The van der Waals surface area contributed by atoms with Crippen molar-refractivity contribution in [1.29, 1.82) is 0 Å². The monoisotopic (exact) mass is 302 g/mol. The summed E-state index contributed by atoms with van der Waals surface area (Å²) in [6.07, 6.45) is 2.47. The molecule has 1 aliphatic carbocycles. The molecule has 0 radical (unpaired) electrons. The van der Waals surface area contributed by atoms with Crippen LogP contribution < -0.4 is 4.74 Å². The van der Waals surface area contributed by atoms with Crippen molar-refractivity contribution in [1.82, 2.24) is 0 Å². The van der Waals surface area contributed by atoms with Crippen molar-refractivity contribution in [3.63, 3.8) is 0 Å². The number of ether oxygens (including phenoxy) is 1. The molecule has 1 saturated carbocycles. The molecule has 1 aliphatic rings. The number of rotatable bonds is 5. The topological polar surface area (TPSA) is 46.5 Å². The maximum absolute atomic E-state index is 10.9. The summed E-state index contributed by atoms with van der Waals surface area (Å²) in [6.45, 7) is 0.295. The van der Waals surface area contributed by atoms with Crippen molar-refractivity contribution in [2.24, 2.45) is 0 Å². The molecule has 0 spiro atoms. The van der Waals surface area contributed by atoms with E-state index in [1.165, 1.54) is 18.4 Å². The number of carboxylic acid groups (broad SMARTS) is 1. The summed E-state index contributed by atoms with van der Waals surface area (Å²) in [5.74, 6) is 0.342. The van der Waals surface area contributed by atoms with E-state index in [4.69, 9.17) is 21.4 Å². The van der Waals surface area contributed by atoms with Gasteiger partial charge < -0.3 is 9.84 Å². The zero-order valence-electron chi connectivity index (χ0n) is 11.4. The Bertz CT molecular complexity index is 677. The third kappa shape index (κ3) is 3.37. The van der Waals surface area contributed by atoms with Gasteiger partial charge in [-0.05, 0) is 54.2 Å². The molecule has 3 nitrogen and oxygen atoms in total. The third-order valence-corrected chi connectivity index (χ3v) is 3.87. The lowest BCUT2D eigenvalue weighted by Crippen LogP contribution is -2.00. The second-order valence-electron chi connectivity index (χ2n) is 5.26. The van der Waals surface area contributed by atoms with Gasteiger partial charge in [-0.3, -0.25) is 0 Å². The zero-order valence-corrected chi connectivity index (χ0v) is 12.1. The minimum atomic E-state index is -0.941. The lowest BCUT2D eigenvalue weighted by molar-refractivity contribution is 0.0696. The SMILES string of the molecule is O=C(O)c1cccc(COc2ccc(C3CC3)cc2Cl)c1. The highest BCUT2D eigenvalue weighted by Crippen LogP contribution is 2.42. The molecule has 0 amide bonds. The molecule has 1 N–H and O–H groups in total. The highest BCUT2D eigenvalue weighted by Gasteiger charge is 2.24. The van der Waals surface area contributed by atoms with Crippen LogP contribution in [0, 0.1) is 0 Å². The first-order valence-electron chi connectivity index (χ1n) is 6.88. The Morgan fingerprint density at radius 2 is 2.05 bits per heavy atom. The van der Waals surface area contributed by atoms with Crippen LogP contribution in [-0.4, -0.2) is 11.1 Å². The van der Waals surface area contributed by atoms with Crippen LogP contribution in [0.1, 0.15) is 40.2 Å². The molecular weight excluding hydrogens is 288 g/mol. The standard InChI is InChI=1S/C17H15ClO3/c18-15-9-13(12-4-5-12)6-7-16(15)21-10-11-2-1-3-14(8-11)17(19)20/h1-3,6-9,12H,4-5,10H2,(H,19,20). The van der Waals surface area contributed by atoms with Crippen molar-refractivity contribution in [2.75, 3.05) is 0 Å². The predicted molar refractivity (Wildman–Crippen MR) is 81.2 cm³/mol. The molecule has 2 aromatic carbocycles. The molecule has 0 atom stereocenters. The van der Waals surface area contributed by atoms with Gasteiger partial charge in [-0.1, -0.05) is 29.8 Å². The Labute approximate surface area is 128 Å². The molecule has 2 aromatic rings. The van der Waals surface area contributed by atoms with Crippen molar-refractivity contribution in [2.45, 2.75) is 25.4 Å². The van der Waals surface area contributed by atoms with E-state index in [1.807, 2.05) is 24.3 Å². The van der Waals surface area contributed by atoms with Gasteiger partial charge in [-0.25, -0.2) is 4.79 Å². The van der Waals surface area contributed by atoms with Gasteiger partial charge in [0.15, 0.2) is 0 Å². The molecule has 4 heteroatoms. The minimum Gasteiger partial charge on any atom is -0.487 e. The second-order valence-corrected chi connectivity index (χ2v) is 5.67. The quantitative estimate of drug-likeness (QED) is 0.885. The fourth-order valence-corrected chi connectivity index (χ4v) is 2.50. The fourth-order valence-electron chi connectivity index (χ4n) is 2.26. The van der Waals surface area contributed by atoms with Crippen molar-refractivity contribution < 1.29 is 14.6 Å². The predicted octanol–water partition coefficient (Wildman–Crippen LogP) is 4.49. The number of aromatic carboxylic acids is 1. The first kappa shape index (κ1) is 14.0. The van der Waals surface area contributed by atoms with Crippen LogP contribution in [0.4, 0.5) is 0 Å². The second kappa shape index (κ2) is 5.78. The largest absolute Gasteiger partial charge is 0.487 e. The summed E-state index contributed by atoms with van der Waals surface area (Å²) < 4.78 is 5.69. The molecule has 108 valence electrons. The molecule has 0 bridgehead atoms. The third-order valence-electron chi connectivity index (χ3n) is 3.57. The van der Waals surface area contributed by atoms with Gasteiger partial charge in [0.25, 0.3) is 0 Å². The smallest absolute Gasteiger partial charge is 0.335 e. The van der Waals surface area contributed by atoms with Crippen LogP contribution in [0.3, 0.4) is 0 Å². The van der Waals surface area contributed by atoms with E-state index in [9.17, 15) is 4.79 Å². The van der Waals surface area contributed by atoms with Gasteiger partial charge in [-0.15, -0.1) is 0 Å². The first-order valence-corrected chi connectivity index (χ1v) is 7.26. The lowest BCUT2D eigenvalue weighted by atomic mass is 10.1. The minimum absolute atomic E-state index is 0.256. The fraction of sp³-hybridized carbons (Fsp3) is 0.235. The molecule has 0 saturated heterocycles. The van der Waals surface area contributed by atoms with Crippen LogP contribution >= 0.6 is 11.6 Å². The molecule has 1 fully saturated rings.